The molecule has 0 aliphatic carbocycles. The van der Waals surface area contributed by atoms with Crippen LogP contribution in [-0.2, 0) is 0 Å². The van der Waals surface area contributed by atoms with E-state index >= 15 is 0 Å². The summed E-state index contributed by atoms with van der Waals surface area (Å²) in [5.41, 5.74) is 1.36. The predicted octanol–water partition coefficient (Wildman–Crippen LogP) is 0.600. The van der Waals surface area contributed by atoms with Gasteiger partial charge >= 0.3 is 0 Å². The third kappa shape index (κ3) is 3.48. The molecule has 0 N–H and O–H groups in total. The van der Waals surface area contributed by atoms with Crippen LogP contribution in [0.2, 0.25) is 0 Å². The Labute approximate surface area is 171 Å². The Morgan fingerprint density at radius 2 is 1.80 bits per heavy atom. The summed E-state index contributed by atoms with van der Waals surface area (Å²) in [4.78, 5) is 25.6. The number of amides is 1. The smallest absolute Gasteiger partial charge is 0.254 e. The van der Waals surface area contributed by atoms with Gasteiger partial charge in [0.15, 0.2) is 5.82 Å². The molecule has 1 aliphatic rings. The van der Waals surface area contributed by atoms with E-state index in [-0.39, 0.29) is 5.91 Å². The van der Waals surface area contributed by atoms with Crippen LogP contribution < -0.4 is 4.90 Å². The third-order valence-electron chi connectivity index (χ3n) is 4.97. The van der Waals surface area contributed by atoms with Crippen molar-refractivity contribution in [1.82, 2.24) is 44.9 Å². The zero-order chi connectivity index (χ0) is 20.3. The summed E-state index contributed by atoms with van der Waals surface area (Å²) in [5, 5.41) is 15.4. The molecule has 150 valence electrons. The normalized spacial score (nSPS) is 14.1. The molecule has 4 aromatic rings. The molecule has 1 saturated heterocycles. The quantitative estimate of drug-likeness (QED) is 0.488. The third-order valence-corrected chi connectivity index (χ3v) is 4.97. The zero-order valence-corrected chi connectivity index (χ0v) is 16.0. The van der Waals surface area contributed by atoms with Crippen molar-refractivity contribution >= 4 is 11.7 Å². The van der Waals surface area contributed by atoms with E-state index in [0.717, 1.165) is 11.5 Å². The lowest BCUT2D eigenvalue weighted by atomic mass is 10.1. The van der Waals surface area contributed by atoms with E-state index in [1.54, 1.807) is 16.9 Å². The Morgan fingerprint density at radius 1 is 0.933 bits per heavy atom. The fourth-order valence-corrected chi connectivity index (χ4v) is 3.42. The molecule has 0 unspecified atom stereocenters. The molecule has 11 heteroatoms. The van der Waals surface area contributed by atoms with Gasteiger partial charge in [-0.05, 0) is 34.7 Å². The Balaban J connectivity index is 1.27. The Morgan fingerprint density at radius 3 is 2.57 bits per heavy atom. The van der Waals surface area contributed by atoms with Crippen LogP contribution in [0.1, 0.15) is 10.4 Å². The van der Waals surface area contributed by atoms with Crippen LogP contribution in [0.15, 0.2) is 61.4 Å². The number of carbonyl (C=O) groups is 1. The van der Waals surface area contributed by atoms with Gasteiger partial charge < -0.3 is 9.80 Å². The lowest BCUT2D eigenvalue weighted by Gasteiger charge is -2.35. The van der Waals surface area contributed by atoms with Crippen molar-refractivity contribution in [2.24, 2.45) is 0 Å². The number of piperazine rings is 1. The SMILES string of the molecule is O=C(c1cccc(-n2cnnn2)c1)N1CCN(c2cc(-n3cccn3)ncn2)CC1. The molecule has 30 heavy (non-hydrogen) atoms. The number of anilines is 1. The van der Waals surface area contributed by atoms with Crippen molar-refractivity contribution in [2.45, 2.75) is 0 Å². The van der Waals surface area contributed by atoms with E-state index in [2.05, 4.69) is 35.5 Å². The topological polar surface area (TPSA) is 111 Å². The summed E-state index contributed by atoms with van der Waals surface area (Å²) in [7, 11) is 0. The van der Waals surface area contributed by atoms with Crippen LogP contribution in [0, 0.1) is 0 Å². The van der Waals surface area contributed by atoms with E-state index in [9.17, 15) is 4.79 Å². The highest BCUT2D eigenvalue weighted by molar-refractivity contribution is 5.95. The van der Waals surface area contributed by atoms with Crippen molar-refractivity contribution in [3.8, 4) is 11.5 Å². The molecule has 1 fully saturated rings. The van der Waals surface area contributed by atoms with Gasteiger partial charge in [-0.25, -0.2) is 19.3 Å². The maximum atomic E-state index is 13.0. The largest absolute Gasteiger partial charge is 0.353 e. The number of hydrogen-bond donors (Lipinski definition) is 0. The van der Waals surface area contributed by atoms with Gasteiger partial charge in [0.1, 0.15) is 18.5 Å². The predicted molar refractivity (Wildman–Crippen MR) is 106 cm³/mol. The van der Waals surface area contributed by atoms with Crippen molar-refractivity contribution in [2.75, 3.05) is 31.1 Å². The molecule has 5 rings (SSSR count). The minimum Gasteiger partial charge on any atom is -0.353 e. The molecule has 0 bridgehead atoms. The van der Waals surface area contributed by atoms with E-state index in [1.165, 1.54) is 17.3 Å². The number of rotatable bonds is 4. The van der Waals surface area contributed by atoms with Crippen LogP contribution in [0.3, 0.4) is 0 Å². The average Bonchev–Trinajstić information content (AvgIpc) is 3.54. The summed E-state index contributed by atoms with van der Waals surface area (Å²) in [5.74, 6) is 1.52. The standard InChI is InChI=1S/C19H18N10O/c30-19(15-3-1-4-16(11-15)29-14-22-24-25-29)27-9-7-26(8-10-27)17-12-18(21-13-20-17)28-6-2-5-23-28/h1-6,11-14H,7-10H2. The van der Waals surface area contributed by atoms with E-state index in [0.29, 0.717) is 37.6 Å². The van der Waals surface area contributed by atoms with Crippen LogP contribution in [0.4, 0.5) is 5.82 Å². The molecule has 0 atom stereocenters. The highest BCUT2D eigenvalue weighted by atomic mass is 16.2. The molecular weight excluding hydrogens is 384 g/mol. The van der Waals surface area contributed by atoms with Gasteiger partial charge in [-0.3, -0.25) is 4.79 Å². The number of benzene rings is 1. The molecule has 1 aliphatic heterocycles. The van der Waals surface area contributed by atoms with Crippen LogP contribution in [0.5, 0.6) is 0 Å². The summed E-state index contributed by atoms with van der Waals surface area (Å²) >= 11 is 0. The Hall–Kier alpha value is -4.15. The van der Waals surface area contributed by atoms with Crippen molar-refractivity contribution in [3.05, 3.63) is 67.0 Å². The van der Waals surface area contributed by atoms with Gasteiger partial charge in [0.05, 0.1) is 5.69 Å². The summed E-state index contributed by atoms with van der Waals surface area (Å²) in [6, 6.07) is 11.0. The first-order valence-electron chi connectivity index (χ1n) is 9.48. The lowest BCUT2D eigenvalue weighted by Crippen LogP contribution is -2.49. The van der Waals surface area contributed by atoms with Crippen molar-refractivity contribution in [3.63, 3.8) is 0 Å². The average molecular weight is 402 g/mol. The molecule has 3 aromatic heterocycles. The first-order valence-corrected chi connectivity index (χ1v) is 9.48. The van der Waals surface area contributed by atoms with E-state index < -0.39 is 0 Å². The second-order valence-corrected chi connectivity index (χ2v) is 6.77. The molecule has 4 heterocycles. The zero-order valence-electron chi connectivity index (χ0n) is 16.0. The van der Waals surface area contributed by atoms with Crippen molar-refractivity contribution in [1.29, 1.82) is 0 Å². The summed E-state index contributed by atoms with van der Waals surface area (Å²) in [6.07, 6.45) is 6.59. The van der Waals surface area contributed by atoms with Crippen LogP contribution in [-0.4, -0.2) is 76.9 Å². The second kappa shape index (κ2) is 7.70. The molecular formula is C19H18N10O. The van der Waals surface area contributed by atoms with E-state index in [4.69, 9.17) is 0 Å². The minimum atomic E-state index is -0.00973. The second-order valence-electron chi connectivity index (χ2n) is 6.77. The first-order chi connectivity index (χ1) is 14.8. The number of carbonyl (C=O) groups excluding carboxylic acids is 1. The molecule has 1 aromatic carbocycles. The Kier molecular flexibility index (Phi) is 4.60. The lowest BCUT2D eigenvalue weighted by molar-refractivity contribution is 0.0746. The van der Waals surface area contributed by atoms with Crippen LogP contribution >= 0.6 is 0 Å². The maximum Gasteiger partial charge on any atom is 0.254 e. The highest BCUT2D eigenvalue weighted by Gasteiger charge is 2.23. The number of hydrogen-bond acceptors (Lipinski definition) is 8. The van der Waals surface area contributed by atoms with Gasteiger partial charge in [-0.1, -0.05) is 6.07 Å². The fourth-order valence-electron chi connectivity index (χ4n) is 3.42. The highest BCUT2D eigenvalue weighted by Crippen LogP contribution is 2.18. The van der Waals surface area contributed by atoms with Gasteiger partial charge in [-0.2, -0.15) is 5.10 Å². The Bertz CT molecular complexity index is 1130. The van der Waals surface area contributed by atoms with Crippen molar-refractivity contribution < 1.29 is 4.79 Å². The molecule has 0 saturated carbocycles. The van der Waals surface area contributed by atoms with Gasteiger partial charge in [0.2, 0.25) is 0 Å². The number of tetrazole rings is 1. The summed E-state index contributed by atoms with van der Waals surface area (Å²) < 4.78 is 3.23. The number of nitrogens with zero attached hydrogens (tertiary/aromatic N) is 10. The molecule has 1 amide bonds. The number of aromatic nitrogens is 8. The molecule has 0 radical (unpaired) electrons. The molecule has 0 spiro atoms. The van der Waals surface area contributed by atoms with E-state index in [1.807, 2.05) is 41.4 Å². The summed E-state index contributed by atoms with van der Waals surface area (Å²) in [6.45, 7) is 2.59. The molecule has 11 nitrogen and oxygen atoms in total. The monoisotopic (exact) mass is 402 g/mol. The van der Waals surface area contributed by atoms with Gasteiger partial charge in [0, 0.05) is 50.2 Å². The fraction of sp³-hybridized carbons (Fsp3) is 0.211. The maximum absolute atomic E-state index is 13.0. The van der Waals surface area contributed by atoms with Gasteiger partial charge in [-0.15, -0.1) is 5.10 Å². The van der Waals surface area contributed by atoms with Crippen LogP contribution in [0.25, 0.3) is 11.5 Å². The first kappa shape index (κ1) is 17.9. The van der Waals surface area contributed by atoms with Gasteiger partial charge in [0.25, 0.3) is 5.91 Å². The minimum absolute atomic E-state index is 0.00973.